The minimum Gasteiger partial charge on any atom is -0.466 e. The number of ether oxygens (including phenoxy) is 3. The monoisotopic (exact) mass is 810 g/mol. The number of carbonyl (C=O) groups excluding carboxylic acids is 3. The molecule has 0 aliphatic rings. The second kappa shape index (κ2) is 43.7. The van der Waals surface area contributed by atoms with Gasteiger partial charge >= 0.3 is 18.0 Å². The zero-order valence-corrected chi connectivity index (χ0v) is 38.5. The van der Waals surface area contributed by atoms with E-state index in [1.807, 2.05) is 0 Å². The summed E-state index contributed by atoms with van der Waals surface area (Å²) >= 11 is 0. The Labute approximate surface area is 353 Å². The van der Waals surface area contributed by atoms with E-state index < -0.39 is 6.09 Å². The Morgan fingerprint density at radius 2 is 0.825 bits per heavy atom. The molecule has 0 saturated carbocycles. The van der Waals surface area contributed by atoms with Crippen LogP contribution in [0.1, 0.15) is 226 Å². The van der Waals surface area contributed by atoms with Gasteiger partial charge in [0, 0.05) is 19.4 Å². The van der Waals surface area contributed by atoms with E-state index in [1.54, 1.807) is 0 Å². The number of amides is 1. The second-order valence-corrected chi connectivity index (χ2v) is 17.1. The number of hydrogen-bond acceptors (Lipinski definition) is 8. The van der Waals surface area contributed by atoms with Crippen molar-refractivity contribution in [3.05, 3.63) is 0 Å². The van der Waals surface area contributed by atoms with Crippen LogP contribution in [-0.4, -0.2) is 94.5 Å². The van der Waals surface area contributed by atoms with Crippen LogP contribution in [0, 0.1) is 0 Å². The first-order valence-corrected chi connectivity index (χ1v) is 24.4. The van der Waals surface area contributed by atoms with Gasteiger partial charge in [-0.2, -0.15) is 0 Å². The van der Waals surface area contributed by atoms with Gasteiger partial charge in [0.25, 0.3) is 0 Å². The summed E-state index contributed by atoms with van der Waals surface area (Å²) in [5.74, 6) is -0.278. The predicted octanol–water partition coefficient (Wildman–Crippen LogP) is 12.6. The molecule has 0 fully saturated rings. The molecular formula is C48H95N3O6. The van der Waals surface area contributed by atoms with Gasteiger partial charge in [0.05, 0.1) is 13.2 Å². The Balaban J connectivity index is 4.33. The van der Waals surface area contributed by atoms with E-state index in [0.29, 0.717) is 58.3 Å². The third-order valence-corrected chi connectivity index (χ3v) is 11.0. The highest BCUT2D eigenvalue weighted by molar-refractivity contribution is 5.69. The fraction of sp³-hybridized carbons (Fsp3) is 0.938. The Kier molecular flexibility index (Phi) is 42.3. The standard InChI is InChI=1S/C48H95N3O6/c1-6-8-10-12-14-16-18-20-22-24-26-28-37-46(52)55-43-32-35-45(57-48(54)49-39-34-42-51(5)41-31-30-40-50(3)4)36-33-44-56-47(53)38-29-27-25-23-21-19-17-15-13-11-9-7-2/h45H,6-44H2,1-5H3,(H,49,54). The van der Waals surface area contributed by atoms with Gasteiger partial charge in [0.2, 0.25) is 0 Å². The largest absolute Gasteiger partial charge is 0.466 e. The molecule has 0 unspecified atom stereocenters. The molecule has 0 saturated heterocycles. The first-order valence-electron chi connectivity index (χ1n) is 24.4. The smallest absolute Gasteiger partial charge is 0.407 e. The lowest BCUT2D eigenvalue weighted by atomic mass is 10.0. The summed E-state index contributed by atoms with van der Waals surface area (Å²) in [7, 11) is 6.33. The lowest BCUT2D eigenvalue weighted by molar-refractivity contribution is -0.144. The van der Waals surface area contributed by atoms with Crippen molar-refractivity contribution in [3.8, 4) is 0 Å². The molecule has 57 heavy (non-hydrogen) atoms. The average molecular weight is 810 g/mol. The highest BCUT2D eigenvalue weighted by Gasteiger charge is 2.16. The van der Waals surface area contributed by atoms with E-state index in [4.69, 9.17) is 14.2 Å². The normalized spacial score (nSPS) is 11.5. The Bertz CT molecular complexity index is 840. The maximum absolute atomic E-state index is 12.7. The van der Waals surface area contributed by atoms with Crippen LogP contribution >= 0.6 is 0 Å². The zero-order chi connectivity index (χ0) is 41.9. The maximum atomic E-state index is 12.7. The average Bonchev–Trinajstić information content (AvgIpc) is 3.19. The van der Waals surface area contributed by atoms with E-state index in [-0.39, 0.29) is 18.0 Å². The summed E-state index contributed by atoms with van der Waals surface area (Å²) in [6, 6.07) is 0. The topological polar surface area (TPSA) is 97.4 Å². The SMILES string of the molecule is CCCCCCCCCCCCCCC(=O)OCCCC(CCCOC(=O)CCCCCCCCCCCCCC)OC(=O)NCCCN(C)CCCCN(C)C. The molecule has 0 aliphatic carbocycles. The van der Waals surface area contributed by atoms with E-state index in [9.17, 15) is 14.4 Å². The van der Waals surface area contributed by atoms with Gasteiger partial charge in [0.1, 0.15) is 6.10 Å². The summed E-state index contributed by atoms with van der Waals surface area (Å²) in [6.45, 7) is 8.81. The molecule has 1 N–H and O–H groups in total. The van der Waals surface area contributed by atoms with Gasteiger partial charge in [-0.3, -0.25) is 9.59 Å². The molecule has 0 spiro atoms. The molecule has 0 aromatic rings. The van der Waals surface area contributed by atoms with Crippen LogP contribution in [0.5, 0.6) is 0 Å². The molecular weight excluding hydrogens is 715 g/mol. The van der Waals surface area contributed by atoms with Crippen LogP contribution in [0.15, 0.2) is 0 Å². The number of esters is 2. The van der Waals surface area contributed by atoms with E-state index in [1.165, 1.54) is 135 Å². The second-order valence-electron chi connectivity index (χ2n) is 17.1. The molecule has 0 rings (SSSR count). The molecule has 0 radical (unpaired) electrons. The summed E-state index contributed by atoms with van der Waals surface area (Å²) in [5.41, 5.74) is 0. The van der Waals surface area contributed by atoms with E-state index >= 15 is 0 Å². The first-order chi connectivity index (χ1) is 27.8. The third-order valence-electron chi connectivity index (χ3n) is 11.0. The molecule has 338 valence electrons. The van der Waals surface area contributed by atoms with Crippen LogP contribution in [0.25, 0.3) is 0 Å². The lowest BCUT2D eigenvalue weighted by Crippen LogP contribution is -2.32. The number of rotatable bonds is 44. The van der Waals surface area contributed by atoms with Crippen LogP contribution in [0.2, 0.25) is 0 Å². The third kappa shape index (κ3) is 43.5. The minimum absolute atomic E-state index is 0.139. The Hall–Kier alpha value is -1.87. The van der Waals surface area contributed by atoms with Gasteiger partial charge in [0.15, 0.2) is 0 Å². The van der Waals surface area contributed by atoms with Gasteiger partial charge in [-0.25, -0.2) is 4.79 Å². The van der Waals surface area contributed by atoms with Crippen molar-refractivity contribution in [1.29, 1.82) is 0 Å². The molecule has 0 aromatic heterocycles. The lowest BCUT2D eigenvalue weighted by Gasteiger charge is -2.19. The van der Waals surface area contributed by atoms with Crippen molar-refractivity contribution in [2.45, 2.75) is 232 Å². The number of nitrogens with one attached hydrogen (secondary N) is 1. The van der Waals surface area contributed by atoms with Crippen molar-refractivity contribution in [3.63, 3.8) is 0 Å². The summed E-state index contributed by atoms with van der Waals surface area (Å²) in [6.07, 6.45) is 36.2. The van der Waals surface area contributed by atoms with E-state index in [2.05, 4.69) is 50.1 Å². The molecule has 1 amide bonds. The first kappa shape index (κ1) is 55.1. The molecule has 9 nitrogen and oxygen atoms in total. The van der Waals surface area contributed by atoms with Crippen LogP contribution in [0.4, 0.5) is 4.79 Å². The van der Waals surface area contributed by atoms with Crippen LogP contribution in [0.3, 0.4) is 0 Å². The summed E-state index contributed by atoms with van der Waals surface area (Å²) in [4.78, 5) is 41.9. The van der Waals surface area contributed by atoms with Gasteiger partial charge in [-0.15, -0.1) is 0 Å². The number of carbonyl (C=O) groups is 3. The van der Waals surface area contributed by atoms with Crippen LogP contribution in [-0.2, 0) is 23.8 Å². The highest BCUT2D eigenvalue weighted by Crippen LogP contribution is 2.15. The van der Waals surface area contributed by atoms with Gasteiger partial charge in [-0.1, -0.05) is 155 Å². The summed E-state index contributed by atoms with van der Waals surface area (Å²) < 4.78 is 16.9. The quantitative estimate of drug-likeness (QED) is 0.0369. The fourth-order valence-corrected chi connectivity index (χ4v) is 7.28. The van der Waals surface area contributed by atoms with Crippen molar-refractivity contribution in [2.24, 2.45) is 0 Å². The number of hydrogen-bond donors (Lipinski definition) is 1. The molecule has 0 atom stereocenters. The number of unbranched alkanes of at least 4 members (excludes halogenated alkanes) is 23. The predicted molar refractivity (Wildman–Crippen MR) is 240 cm³/mol. The maximum Gasteiger partial charge on any atom is 0.407 e. The number of alkyl carbamates (subject to hydrolysis) is 1. The zero-order valence-electron chi connectivity index (χ0n) is 38.5. The van der Waals surface area contributed by atoms with Gasteiger partial charge in [-0.05, 0) is 98.6 Å². The Morgan fingerprint density at radius 1 is 0.456 bits per heavy atom. The molecule has 0 aliphatic heterocycles. The molecule has 9 heteroatoms. The Morgan fingerprint density at radius 3 is 1.23 bits per heavy atom. The van der Waals surface area contributed by atoms with Gasteiger partial charge < -0.3 is 29.3 Å². The molecule has 0 bridgehead atoms. The van der Waals surface area contributed by atoms with Crippen molar-refractivity contribution in [2.75, 3.05) is 60.5 Å². The fourth-order valence-electron chi connectivity index (χ4n) is 7.28. The minimum atomic E-state index is -0.415. The highest BCUT2D eigenvalue weighted by atomic mass is 16.6. The van der Waals surface area contributed by atoms with Crippen molar-refractivity contribution in [1.82, 2.24) is 15.1 Å². The van der Waals surface area contributed by atoms with Crippen LogP contribution < -0.4 is 5.32 Å². The van der Waals surface area contributed by atoms with Crippen molar-refractivity contribution < 1.29 is 28.6 Å². The number of nitrogens with zero attached hydrogens (tertiary/aromatic N) is 2. The summed E-state index contributed by atoms with van der Waals surface area (Å²) in [5, 5.41) is 2.92. The van der Waals surface area contributed by atoms with Crippen molar-refractivity contribution >= 4 is 18.0 Å². The molecule has 0 heterocycles. The van der Waals surface area contributed by atoms with E-state index in [0.717, 1.165) is 58.2 Å². The molecule has 0 aromatic carbocycles.